The highest BCUT2D eigenvalue weighted by Gasteiger charge is 2.19. The van der Waals surface area contributed by atoms with Crippen LogP contribution in [0.5, 0.6) is 0 Å². The summed E-state index contributed by atoms with van der Waals surface area (Å²) in [6.45, 7) is 3.74. The fraction of sp³-hybridized carbons (Fsp3) is 0.333. The molecule has 0 aliphatic rings. The van der Waals surface area contributed by atoms with E-state index in [4.69, 9.17) is 5.73 Å². The Labute approximate surface area is 123 Å². The molecule has 0 fully saturated rings. The van der Waals surface area contributed by atoms with Crippen LogP contribution in [0.15, 0.2) is 36.5 Å². The fourth-order valence-electron chi connectivity index (χ4n) is 1.70. The number of aromatic nitrogens is 2. The van der Waals surface area contributed by atoms with Crippen LogP contribution >= 0.6 is 0 Å². The van der Waals surface area contributed by atoms with Gasteiger partial charge in [-0.2, -0.15) is 5.10 Å². The molecule has 1 aromatic heterocycles. The maximum atomic E-state index is 12.0. The summed E-state index contributed by atoms with van der Waals surface area (Å²) in [5.74, 6) is -0.307. The van der Waals surface area contributed by atoms with Crippen molar-refractivity contribution in [1.82, 2.24) is 15.1 Å². The smallest absolute Gasteiger partial charge is 0.271 e. The van der Waals surface area contributed by atoms with Crippen molar-refractivity contribution in [1.29, 1.82) is 0 Å². The highest BCUT2D eigenvalue weighted by Crippen LogP contribution is 2.11. The molecule has 1 aromatic carbocycles. The van der Waals surface area contributed by atoms with Gasteiger partial charge in [0.2, 0.25) is 0 Å². The molecule has 6 heteroatoms. The van der Waals surface area contributed by atoms with Crippen LogP contribution < -0.4 is 11.1 Å². The number of hydrogen-bond acceptors (Lipinski definition) is 4. The second-order valence-corrected chi connectivity index (χ2v) is 5.27. The van der Waals surface area contributed by atoms with Crippen molar-refractivity contribution in [3.63, 3.8) is 0 Å². The van der Waals surface area contributed by atoms with Crippen molar-refractivity contribution in [2.24, 2.45) is 0 Å². The Morgan fingerprint density at radius 1 is 1.38 bits per heavy atom. The summed E-state index contributed by atoms with van der Waals surface area (Å²) in [6.07, 6.45) is 2.27. The minimum Gasteiger partial charge on any atom is -0.399 e. The van der Waals surface area contributed by atoms with Crippen molar-refractivity contribution in [2.45, 2.75) is 25.9 Å². The maximum Gasteiger partial charge on any atom is 0.271 e. The lowest BCUT2D eigenvalue weighted by Gasteiger charge is -2.21. The lowest BCUT2D eigenvalue weighted by molar-refractivity contribution is 0.0517. The quantitative estimate of drug-likeness (QED) is 0.724. The van der Waals surface area contributed by atoms with Gasteiger partial charge in [-0.15, -0.1) is 0 Å². The summed E-state index contributed by atoms with van der Waals surface area (Å²) >= 11 is 0. The number of nitrogens with two attached hydrogens (primary N) is 1. The predicted molar refractivity (Wildman–Crippen MR) is 81.2 cm³/mol. The molecule has 4 N–H and O–H groups in total. The third kappa shape index (κ3) is 3.82. The lowest BCUT2D eigenvalue weighted by Crippen LogP contribution is -2.40. The number of nitrogens with zero attached hydrogens (tertiary/aromatic N) is 2. The summed E-state index contributed by atoms with van der Waals surface area (Å²) in [7, 11) is 0. The number of amides is 1. The zero-order chi connectivity index (χ0) is 15.5. The third-order valence-corrected chi connectivity index (χ3v) is 3.37. The van der Waals surface area contributed by atoms with E-state index >= 15 is 0 Å². The molecule has 112 valence electrons. The van der Waals surface area contributed by atoms with Crippen molar-refractivity contribution in [3.05, 3.63) is 42.2 Å². The molecule has 0 saturated heterocycles. The van der Waals surface area contributed by atoms with E-state index in [0.717, 1.165) is 5.69 Å². The number of carbonyl (C=O) groups excluding carboxylic acids is 1. The Balaban J connectivity index is 2.06. The van der Waals surface area contributed by atoms with Crippen LogP contribution in [0.2, 0.25) is 0 Å². The minimum atomic E-state index is -0.908. The normalized spacial score (nSPS) is 13.7. The van der Waals surface area contributed by atoms with Gasteiger partial charge in [-0.25, -0.2) is 4.68 Å². The molecular formula is C15H20N4O2. The Kier molecular flexibility index (Phi) is 4.28. The zero-order valence-corrected chi connectivity index (χ0v) is 12.2. The van der Waals surface area contributed by atoms with Gasteiger partial charge >= 0.3 is 0 Å². The average molecular weight is 288 g/mol. The lowest BCUT2D eigenvalue weighted by atomic mass is 10.0. The molecule has 21 heavy (non-hydrogen) atoms. The summed E-state index contributed by atoms with van der Waals surface area (Å²) in [5.41, 5.74) is 6.53. The van der Waals surface area contributed by atoms with Crippen LogP contribution in [0.3, 0.4) is 0 Å². The minimum absolute atomic E-state index is 0.192. The summed E-state index contributed by atoms with van der Waals surface area (Å²) in [5, 5.41) is 16.8. The number of anilines is 1. The van der Waals surface area contributed by atoms with Crippen LogP contribution in [0, 0.1) is 0 Å². The summed E-state index contributed by atoms with van der Waals surface area (Å²) in [6, 6.07) is 8.83. The summed E-state index contributed by atoms with van der Waals surface area (Å²) in [4.78, 5) is 12.0. The second-order valence-electron chi connectivity index (χ2n) is 5.27. The van der Waals surface area contributed by atoms with Gasteiger partial charge in [0.1, 0.15) is 0 Å². The van der Waals surface area contributed by atoms with E-state index in [2.05, 4.69) is 10.4 Å². The zero-order valence-electron chi connectivity index (χ0n) is 12.2. The molecule has 2 rings (SSSR count). The number of nitrogen functional groups attached to an aromatic ring is 1. The molecule has 1 amide bonds. The van der Waals surface area contributed by atoms with Gasteiger partial charge in [-0.3, -0.25) is 4.79 Å². The molecule has 1 atom stereocenters. The largest absolute Gasteiger partial charge is 0.399 e. The molecule has 0 aliphatic heterocycles. The van der Waals surface area contributed by atoms with Crippen molar-refractivity contribution in [2.75, 3.05) is 12.3 Å². The number of nitrogens with one attached hydrogen (secondary N) is 1. The first-order valence-corrected chi connectivity index (χ1v) is 6.83. The molecule has 2 aromatic rings. The van der Waals surface area contributed by atoms with Gasteiger partial charge in [0, 0.05) is 18.4 Å². The summed E-state index contributed by atoms with van der Waals surface area (Å²) < 4.78 is 1.60. The molecule has 6 nitrogen and oxygen atoms in total. The van der Waals surface area contributed by atoms with Crippen molar-refractivity contribution >= 4 is 11.6 Å². The van der Waals surface area contributed by atoms with Gasteiger partial charge in [-0.1, -0.05) is 6.92 Å². The molecule has 0 bridgehead atoms. The first-order valence-electron chi connectivity index (χ1n) is 6.83. The predicted octanol–water partition coefficient (Wildman–Crippen LogP) is 1.35. The monoisotopic (exact) mass is 288 g/mol. The standard InChI is InChI=1S/C15H20N4O2/c1-3-15(2,21)10-17-14(20)13-8-9-19(18-13)12-6-4-11(16)5-7-12/h4-9,21H,3,10,16H2,1-2H3,(H,17,20). The Morgan fingerprint density at radius 3 is 2.67 bits per heavy atom. The van der Waals surface area contributed by atoms with Gasteiger partial charge in [0.15, 0.2) is 5.69 Å². The fourth-order valence-corrected chi connectivity index (χ4v) is 1.70. The number of carbonyl (C=O) groups is 1. The van der Waals surface area contributed by atoms with E-state index in [9.17, 15) is 9.90 Å². The average Bonchev–Trinajstić information content (AvgIpc) is 2.95. The number of rotatable bonds is 5. The third-order valence-electron chi connectivity index (χ3n) is 3.37. The van der Waals surface area contributed by atoms with Gasteiger partial charge in [0.25, 0.3) is 5.91 Å². The van der Waals surface area contributed by atoms with Gasteiger partial charge in [-0.05, 0) is 43.7 Å². The SMILES string of the molecule is CCC(C)(O)CNC(=O)c1ccn(-c2ccc(N)cc2)n1. The molecule has 1 unspecified atom stereocenters. The van der Waals surface area contributed by atoms with Crippen LogP contribution in [-0.4, -0.2) is 32.9 Å². The van der Waals surface area contributed by atoms with Crippen molar-refractivity contribution < 1.29 is 9.90 Å². The van der Waals surface area contributed by atoms with E-state index in [1.807, 2.05) is 19.1 Å². The number of benzene rings is 1. The topological polar surface area (TPSA) is 93.2 Å². The van der Waals surface area contributed by atoms with Gasteiger partial charge in [0.05, 0.1) is 11.3 Å². The maximum absolute atomic E-state index is 12.0. The van der Waals surface area contributed by atoms with E-state index < -0.39 is 5.60 Å². The van der Waals surface area contributed by atoms with E-state index in [0.29, 0.717) is 17.8 Å². The molecule has 0 saturated carbocycles. The molecule has 0 radical (unpaired) electrons. The number of aliphatic hydroxyl groups is 1. The number of hydrogen-bond donors (Lipinski definition) is 3. The van der Waals surface area contributed by atoms with E-state index in [1.165, 1.54) is 0 Å². The van der Waals surface area contributed by atoms with Crippen LogP contribution in [0.4, 0.5) is 5.69 Å². The van der Waals surface area contributed by atoms with Crippen LogP contribution in [0.1, 0.15) is 30.8 Å². The first kappa shape index (κ1) is 15.1. The molecule has 0 spiro atoms. The van der Waals surface area contributed by atoms with Crippen LogP contribution in [-0.2, 0) is 0 Å². The van der Waals surface area contributed by atoms with Crippen LogP contribution in [0.25, 0.3) is 5.69 Å². The van der Waals surface area contributed by atoms with Gasteiger partial charge < -0.3 is 16.2 Å². The Morgan fingerprint density at radius 2 is 2.05 bits per heavy atom. The second kappa shape index (κ2) is 5.97. The molecule has 1 heterocycles. The Hall–Kier alpha value is -2.34. The first-order chi connectivity index (χ1) is 9.91. The van der Waals surface area contributed by atoms with E-state index in [1.54, 1.807) is 36.0 Å². The highest BCUT2D eigenvalue weighted by molar-refractivity contribution is 5.92. The van der Waals surface area contributed by atoms with E-state index in [-0.39, 0.29) is 12.5 Å². The highest BCUT2D eigenvalue weighted by atomic mass is 16.3. The molecular weight excluding hydrogens is 268 g/mol. The van der Waals surface area contributed by atoms with Crippen molar-refractivity contribution in [3.8, 4) is 5.69 Å². The Bertz CT molecular complexity index is 617. The molecule has 0 aliphatic carbocycles.